The molecule has 1 aromatic carbocycles. The molecule has 1 N–H and O–H groups in total. The third kappa shape index (κ3) is 3.31. The number of pyridine rings is 1. The Bertz CT molecular complexity index is 522. The highest BCUT2D eigenvalue weighted by atomic mass is 16.5. The fourth-order valence-electron chi connectivity index (χ4n) is 2.57. The molecule has 0 aliphatic heterocycles. The Kier molecular flexibility index (Phi) is 4.88. The number of nitrogens with one attached hydrogen (secondary N) is 1. The lowest BCUT2D eigenvalue weighted by Gasteiger charge is -2.21. The normalized spacial score (nSPS) is 14.5. The van der Waals surface area contributed by atoms with Crippen molar-refractivity contribution in [1.29, 1.82) is 0 Å². The fourth-order valence-corrected chi connectivity index (χ4v) is 2.57. The lowest BCUT2D eigenvalue weighted by Crippen LogP contribution is -2.21. The van der Waals surface area contributed by atoms with Crippen LogP contribution in [0.5, 0.6) is 0 Å². The predicted octanol–water partition coefficient (Wildman–Crippen LogP) is 3.17. The van der Waals surface area contributed by atoms with Gasteiger partial charge in [-0.25, -0.2) is 0 Å². The number of fused-ring (bicyclic) bond motifs is 1. The van der Waals surface area contributed by atoms with Crippen LogP contribution in [0.4, 0.5) is 0 Å². The summed E-state index contributed by atoms with van der Waals surface area (Å²) in [6, 6.07) is 8.71. The van der Waals surface area contributed by atoms with Gasteiger partial charge in [0.1, 0.15) is 0 Å². The summed E-state index contributed by atoms with van der Waals surface area (Å²) in [6.45, 7) is 3.00. The van der Waals surface area contributed by atoms with Gasteiger partial charge < -0.3 is 10.1 Å². The molecule has 19 heavy (non-hydrogen) atoms. The van der Waals surface area contributed by atoms with E-state index in [0.717, 1.165) is 13.0 Å². The summed E-state index contributed by atoms with van der Waals surface area (Å²) in [5.74, 6) is 0.515. The lowest BCUT2D eigenvalue weighted by atomic mass is 9.94. The second-order valence-corrected chi connectivity index (χ2v) is 5.09. The van der Waals surface area contributed by atoms with Crippen LogP contribution in [-0.4, -0.2) is 25.7 Å². The van der Waals surface area contributed by atoms with E-state index < -0.39 is 0 Å². The first-order valence-electron chi connectivity index (χ1n) is 6.75. The molecular formula is C16H22N2O. The highest BCUT2D eigenvalue weighted by Crippen LogP contribution is 2.27. The van der Waals surface area contributed by atoms with Crippen LogP contribution in [0, 0.1) is 5.92 Å². The molecule has 102 valence electrons. The topological polar surface area (TPSA) is 34.1 Å². The monoisotopic (exact) mass is 258 g/mol. The quantitative estimate of drug-likeness (QED) is 0.864. The van der Waals surface area contributed by atoms with Crippen LogP contribution in [0.1, 0.15) is 24.9 Å². The molecule has 1 heterocycles. The number of nitrogens with zero attached hydrogens (tertiary/aromatic N) is 1. The Morgan fingerprint density at radius 1 is 1.26 bits per heavy atom. The Hall–Kier alpha value is -1.45. The van der Waals surface area contributed by atoms with Crippen molar-refractivity contribution in [2.24, 2.45) is 5.92 Å². The van der Waals surface area contributed by atoms with Crippen LogP contribution in [0.25, 0.3) is 10.8 Å². The van der Waals surface area contributed by atoms with E-state index in [-0.39, 0.29) is 0 Å². The molecule has 3 heteroatoms. The number of methoxy groups -OCH3 is 1. The number of aromatic nitrogens is 1. The zero-order chi connectivity index (χ0) is 13.7. The van der Waals surface area contributed by atoms with E-state index in [1.165, 1.54) is 16.3 Å². The zero-order valence-corrected chi connectivity index (χ0v) is 11.9. The second kappa shape index (κ2) is 6.64. The first-order chi connectivity index (χ1) is 9.26. The maximum atomic E-state index is 5.23. The molecule has 0 bridgehead atoms. The minimum atomic E-state index is 0.309. The Morgan fingerprint density at radius 2 is 2.05 bits per heavy atom. The molecule has 2 atom stereocenters. The molecule has 0 spiro atoms. The summed E-state index contributed by atoms with van der Waals surface area (Å²) in [7, 11) is 3.76. The minimum Gasteiger partial charge on any atom is -0.384 e. The molecule has 0 saturated heterocycles. The molecular weight excluding hydrogens is 236 g/mol. The molecule has 0 saturated carbocycles. The van der Waals surface area contributed by atoms with Gasteiger partial charge in [-0.2, -0.15) is 0 Å². The van der Waals surface area contributed by atoms with Crippen LogP contribution < -0.4 is 5.32 Å². The molecule has 2 aromatic rings. The maximum absolute atomic E-state index is 5.23. The van der Waals surface area contributed by atoms with E-state index in [1.807, 2.05) is 19.4 Å². The third-order valence-electron chi connectivity index (χ3n) is 3.51. The van der Waals surface area contributed by atoms with E-state index >= 15 is 0 Å². The highest BCUT2D eigenvalue weighted by Gasteiger charge is 2.16. The molecule has 1 aromatic heterocycles. The van der Waals surface area contributed by atoms with Gasteiger partial charge in [-0.15, -0.1) is 0 Å². The lowest BCUT2D eigenvalue weighted by molar-refractivity contribution is 0.150. The van der Waals surface area contributed by atoms with Crippen molar-refractivity contribution in [2.75, 3.05) is 20.8 Å². The minimum absolute atomic E-state index is 0.309. The average Bonchev–Trinajstić information content (AvgIpc) is 2.44. The predicted molar refractivity (Wildman–Crippen MR) is 79.2 cm³/mol. The van der Waals surface area contributed by atoms with Gasteiger partial charge in [0.25, 0.3) is 0 Å². The first kappa shape index (κ1) is 14.0. The zero-order valence-electron chi connectivity index (χ0n) is 11.9. The van der Waals surface area contributed by atoms with Gasteiger partial charge in [-0.1, -0.05) is 31.2 Å². The van der Waals surface area contributed by atoms with Crippen LogP contribution in [0.2, 0.25) is 0 Å². The van der Waals surface area contributed by atoms with E-state index in [0.29, 0.717) is 12.0 Å². The number of hydrogen-bond donors (Lipinski definition) is 1. The summed E-state index contributed by atoms with van der Waals surface area (Å²) in [4.78, 5) is 4.36. The van der Waals surface area contributed by atoms with Crippen LogP contribution in [0.15, 0.2) is 36.7 Å². The van der Waals surface area contributed by atoms with Crippen molar-refractivity contribution >= 4 is 10.8 Å². The Balaban J connectivity index is 2.30. The summed E-state index contributed by atoms with van der Waals surface area (Å²) in [6.07, 6.45) is 4.94. The fraction of sp³-hybridized carbons (Fsp3) is 0.438. The smallest absolute Gasteiger partial charge is 0.0488 e. The molecule has 0 amide bonds. The van der Waals surface area contributed by atoms with Crippen LogP contribution in [0.3, 0.4) is 0 Å². The van der Waals surface area contributed by atoms with Gasteiger partial charge >= 0.3 is 0 Å². The standard InChI is InChI=1S/C16H22N2O/c1-12(11-19-3)8-16(17-2)15-10-18-9-13-6-4-5-7-14(13)15/h4-7,9-10,12,16-17H,8,11H2,1-3H3. The average molecular weight is 258 g/mol. The first-order valence-corrected chi connectivity index (χ1v) is 6.75. The second-order valence-electron chi connectivity index (χ2n) is 5.09. The van der Waals surface area contributed by atoms with Gasteiger partial charge in [0.05, 0.1) is 0 Å². The van der Waals surface area contributed by atoms with E-state index in [2.05, 4.69) is 41.5 Å². The summed E-state index contributed by atoms with van der Waals surface area (Å²) in [5.41, 5.74) is 1.27. The van der Waals surface area contributed by atoms with Crippen molar-refractivity contribution in [2.45, 2.75) is 19.4 Å². The van der Waals surface area contributed by atoms with E-state index in [9.17, 15) is 0 Å². The third-order valence-corrected chi connectivity index (χ3v) is 3.51. The van der Waals surface area contributed by atoms with Crippen molar-refractivity contribution in [1.82, 2.24) is 10.3 Å². The van der Waals surface area contributed by atoms with Crippen LogP contribution in [-0.2, 0) is 4.74 Å². The molecule has 0 aliphatic rings. The van der Waals surface area contributed by atoms with Gasteiger partial charge in [-0.3, -0.25) is 4.98 Å². The van der Waals surface area contributed by atoms with E-state index in [4.69, 9.17) is 4.74 Å². The van der Waals surface area contributed by atoms with Crippen molar-refractivity contribution in [3.8, 4) is 0 Å². The van der Waals surface area contributed by atoms with Gasteiger partial charge in [0.2, 0.25) is 0 Å². The summed E-state index contributed by atoms with van der Waals surface area (Å²) >= 11 is 0. The van der Waals surface area contributed by atoms with Gasteiger partial charge in [0, 0.05) is 37.5 Å². The number of benzene rings is 1. The SMILES string of the molecule is CNC(CC(C)COC)c1cncc2ccccc12. The van der Waals surface area contributed by atoms with Crippen molar-refractivity contribution in [3.63, 3.8) is 0 Å². The maximum Gasteiger partial charge on any atom is 0.0488 e. The van der Waals surface area contributed by atoms with Crippen LogP contribution >= 0.6 is 0 Å². The van der Waals surface area contributed by atoms with Gasteiger partial charge in [-0.05, 0) is 30.3 Å². The number of rotatable bonds is 6. The molecule has 2 rings (SSSR count). The Morgan fingerprint density at radius 3 is 2.79 bits per heavy atom. The molecule has 2 unspecified atom stereocenters. The number of hydrogen-bond acceptors (Lipinski definition) is 3. The molecule has 3 nitrogen and oxygen atoms in total. The molecule has 0 radical (unpaired) electrons. The number of ether oxygens (including phenoxy) is 1. The van der Waals surface area contributed by atoms with Crippen molar-refractivity contribution in [3.05, 3.63) is 42.2 Å². The summed E-state index contributed by atoms with van der Waals surface area (Å²) < 4.78 is 5.23. The molecule has 0 aliphatic carbocycles. The Labute approximate surface area is 115 Å². The largest absolute Gasteiger partial charge is 0.384 e. The highest BCUT2D eigenvalue weighted by molar-refractivity contribution is 5.85. The van der Waals surface area contributed by atoms with Gasteiger partial charge in [0.15, 0.2) is 0 Å². The van der Waals surface area contributed by atoms with E-state index in [1.54, 1.807) is 7.11 Å². The van der Waals surface area contributed by atoms with Crippen molar-refractivity contribution < 1.29 is 4.74 Å². The molecule has 0 fully saturated rings. The summed E-state index contributed by atoms with van der Waals surface area (Å²) in [5, 5.41) is 5.88.